The summed E-state index contributed by atoms with van der Waals surface area (Å²) < 4.78 is 0. The molecule has 1 fully saturated rings. The Bertz CT molecular complexity index is 485. The first-order valence-electron chi connectivity index (χ1n) is 5.36. The van der Waals surface area contributed by atoms with Gasteiger partial charge in [0.1, 0.15) is 12.5 Å². The smallest absolute Gasteiger partial charge is 0.316 e. The highest BCUT2D eigenvalue weighted by atomic mass is 16.7. The molecule has 6 heteroatoms. The lowest BCUT2D eigenvalue weighted by atomic mass is 10.1. The molecule has 0 saturated carbocycles. The molecule has 0 radical (unpaired) electrons. The predicted molar refractivity (Wildman–Crippen MR) is 58.8 cm³/mol. The summed E-state index contributed by atoms with van der Waals surface area (Å²) in [7, 11) is 0. The summed E-state index contributed by atoms with van der Waals surface area (Å²) in [6.07, 6.45) is -0.344. The standard InChI is InChI=1S/C12H11NO5/c14-10-6-9(12(16)17)11(15)13(10)18-7-8-4-2-1-3-5-8/h1-5,9H,6-7H2,(H,16,17). The van der Waals surface area contributed by atoms with Gasteiger partial charge in [-0.1, -0.05) is 30.3 Å². The molecule has 1 aliphatic rings. The van der Waals surface area contributed by atoms with Gasteiger partial charge in [-0.2, -0.15) is 5.06 Å². The largest absolute Gasteiger partial charge is 0.481 e. The van der Waals surface area contributed by atoms with Gasteiger partial charge in [-0.15, -0.1) is 0 Å². The first-order valence-corrected chi connectivity index (χ1v) is 5.36. The molecular weight excluding hydrogens is 238 g/mol. The number of amides is 2. The summed E-state index contributed by atoms with van der Waals surface area (Å²) in [6.45, 7) is 0.0463. The summed E-state index contributed by atoms with van der Waals surface area (Å²) in [5, 5.41) is 9.30. The van der Waals surface area contributed by atoms with Gasteiger partial charge in [0.05, 0.1) is 6.42 Å². The van der Waals surface area contributed by atoms with Crippen LogP contribution in [0.1, 0.15) is 12.0 Å². The number of carboxylic acids is 1. The Kier molecular flexibility index (Phi) is 3.38. The normalized spacial score (nSPS) is 19.3. The molecule has 2 rings (SSSR count). The second-order valence-corrected chi connectivity index (χ2v) is 3.88. The average molecular weight is 249 g/mol. The Labute approximate surface area is 103 Å². The molecule has 0 spiro atoms. The van der Waals surface area contributed by atoms with Gasteiger partial charge < -0.3 is 5.11 Å². The molecule has 1 saturated heterocycles. The zero-order valence-electron chi connectivity index (χ0n) is 9.41. The van der Waals surface area contributed by atoms with Crippen molar-refractivity contribution in [1.29, 1.82) is 0 Å². The second-order valence-electron chi connectivity index (χ2n) is 3.88. The van der Waals surface area contributed by atoms with Gasteiger partial charge in [-0.25, -0.2) is 0 Å². The zero-order valence-corrected chi connectivity index (χ0v) is 9.41. The molecule has 0 bridgehead atoms. The van der Waals surface area contributed by atoms with Crippen molar-refractivity contribution in [1.82, 2.24) is 5.06 Å². The number of aliphatic carboxylic acids is 1. The highest BCUT2D eigenvalue weighted by molar-refractivity contribution is 6.11. The zero-order chi connectivity index (χ0) is 13.1. The number of hydroxylamine groups is 2. The van der Waals surface area contributed by atoms with Crippen LogP contribution >= 0.6 is 0 Å². The third kappa shape index (κ3) is 2.38. The maximum Gasteiger partial charge on any atom is 0.316 e. The molecule has 1 aromatic carbocycles. The van der Waals surface area contributed by atoms with Crippen molar-refractivity contribution in [3.8, 4) is 0 Å². The maximum absolute atomic E-state index is 11.6. The van der Waals surface area contributed by atoms with E-state index in [9.17, 15) is 14.4 Å². The Morgan fingerprint density at radius 1 is 1.33 bits per heavy atom. The van der Waals surface area contributed by atoms with Crippen LogP contribution in [0.5, 0.6) is 0 Å². The van der Waals surface area contributed by atoms with Crippen molar-refractivity contribution >= 4 is 17.8 Å². The minimum atomic E-state index is -1.33. The third-order valence-electron chi connectivity index (χ3n) is 2.60. The molecule has 1 atom stereocenters. The quantitative estimate of drug-likeness (QED) is 0.623. The van der Waals surface area contributed by atoms with E-state index >= 15 is 0 Å². The Morgan fingerprint density at radius 2 is 2.00 bits per heavy atom. The van der Waals surface area contributed by atoms with Gasteiger partial charge >= 0.3 is 5.97 Å². The number of carbonyl (C=O) groups is 3. The predicted octanol–water partition coefficient (Wildman–Crippen LogP) is 0.578. The molecule has 1 N–H and O–H groups in total. The average Bonchev–Trinajstić information content (AvgIpc) is 2.64. The molecule has 1 unspecified atom stereocenters. The molecule has 94 valence electrons. The number of carboxylic acid groups (broad SMARTS) is 1. The lowest BCUT2D eigenvalue weighted by Crippen LogP contribution is -2.32. The van der Waals surface area contributed by atoms with Gasteiger partial charge in [0.15, 0.2) is 0 Å². The SMILES string of the molecule is O=C(O)C1CC(=O)N(OCc2ccccc2)C1=O. The minimum Gasteiger partial charge on any atom is -0.481 e. The van der Waals surface area contributed by atoms with Crippen LogP contribution in [0.3, 0.4) is 0 Å². The second kappa shape index (κ2) is 4.97. The summed E-state index contributed by atoms with van der Waals surface area (Å²) in [5.74, 6) is -4.07. The summed E-state index contributed by atoms with van der Waals surface area (Å²) in [5.41, 5.74) is 0.789. The van der Waals surface area contributed by atoms with E-state index in [1.165, 1.54) is 0 Å². The van der Waals surface area contributed by atoms with Gasteiger partial charge in [0.25, 0.3) is 11.8 Å². The molecule has 1 heterocycles. The number of hydrogen-bond acceptors (Lipinski definition) is 4. The molecule has 1 aromatic rings. The van der Waals surface area contributed by atoms with E-state index in [-0.39, 0.29) is 13.0 Å². The molecule has 0 aromatic heterocycles. The number of carbonyl (C=O) groups excluding carboxylic acids is 2. The lowest BCUT2D eigenvalue weighted by Gasteiger charge is -2.13. The topological polar surface area (TPSA) is 83.9 Å². The number of benzene rings is 1. The lowest BCUT2D eigenvalue weighted by molar-refractivity contribution is -0.192. The van der Waals surface area contributed by atoms with E-state index in [2.05, 4.69) is 0 Å². The van der Waals surface area contributed by atoms with Crippen molar-refractivity contribution in [2.45, 2.75) is 13.0 Å². The number of imide groups is 1. The van der Waals surface area contributed by atoms with Gasteiger partial charge in [-0.3, -0.25) is 19.2 Å². The monoisotopic (exact) mass is 249 g/mol. The summed E-state index contributed by atoms with van der Waals surface area (Å²) in [6, 6.07) is 8.98. The van der Waals surface area contributed by atoms with E-state index in [4.69, 9.17) is 9.94 Å². The summed E-state index contributed by atoms with van der Waals surface area (Å²) >= 11 is 0. The fraction of sp³-hybridized carbons (Fsp3) is 0.250. The van der Waals surface area contributed by atoms with Crippen LogP contribution in [0, 0.1) is 5.92 Å². The number of nitrogens with zero attached hydrogens (tertiary/aromatic N) is 1. The van der Waals surface area contributed by atoms with Crippen LogP contribution < -0.4 is 0 Å². The third-order valence-corrected chi connectivity index (χ3v) is 2.60. The van der Waals surface area contributed by atoms with E-state index in [0.717, 1.165) is 5.56 Å². The fourth-order valence-electron chi connectivity index (χ4n) is 1.65. The van der Waals surface area contributed by atoms with Crippen LogP contribution in [0.25, 0.3) is 0 Å². The van der Waals surface area contributed by atoms with Crippen LogP contribution in [-0.2, 0) is 25.8 Å². The van der Waals surface area contributed by atoms with Crippen molar-refractivity contribution in [3.63, 3.8) is 0 Å². The van der Waals surface area contributed by atoms with Gasteiger partial charge in [-0.05, 0) is 5.56 Å². The maximum atomic E-state index is 11.6. The van der Waals surface area contributed by atoms with Gasteiger partial charge in [0.2, 0.25) is 0 Å². The first kappa shape index (κ1) is 12.3. The van der Waals surface area contributed by atoms with Crippen LogP contribution in [0.4, 0.5) is 0 Å². The van der Waals surface area contributed by atoms with Crippen molar-refractivity contribution < 1.29 is 24.3 Å². The number of hydrogen-bond donors (Lipinski definition) is 1. The highest BCUT2D eigenvalue weighted by Crippen LogP contribution is 2.20. The van der Waals surface area contributed by atoms with Crippen molar-refractivity contribution in [3.05, 3.63) is 35.9 Å². The molecule has 0 aliphatic carbocycles. The Hall–Kier alpha value is -2.21. The Balaban J connectivity index is 2.00. The molecule has 1 aliphatic heterocycles. The van der Waals surface area contributed by atoms with Crippen LogP contribution in [0.2, 0.25) is 0 Å². The van der Waals surface area contributed by atoms with E-state index < -0.39 is 23.7 Å². The van der Waals surface area contributed by atoms with E-state index in [1.54, 1.807) is 24.3 Å². The van der Waals surface area contributed by atoms with Crippen LogP contribution in [-0.4, -0.2) is 28.0 Å². The van der Waals surface area contributed by atoms with Crippen LogP contribution in [0.15, 0.2) is 30.3 Å². The van der Waals surface area contributed by atoms with E-state index in [1.807, 2.05) is 6.07 Å². The van der Waals surface area contributed by atoms with Gasteiger partial charge in [0, 0.05) is 0 Å². The van der Waals surface area contributed by atoms with Crippen molar-refractivity contribution in [2.24, 2.45) is 5.92 Å². The molecule has 6 nitrogen and oxygen atoms in total. The highest BCUT2D eigenvalue weighted by Gasteiger charge is 2.44. The fourth-order valence-corrected chi connectivity index (χ4v) is 1.65. The Morgan fingerprint density at radius 3 is 2.56 bits per heavy atom. The first-order chi connectivity index (χ1) is 8.59. The van der Waals surface area contributed by atoms with E-state index in [0.29, 0.717) is 5.06 Å². The van der Waals surface area contributed by atoms with Crippen molar-refractivity contribution in [2.75, 3.05) is 0 Å². The minimum absolute atomic E-state index is 0.0463. The molecular formula is C12H11NO5. The molecule has 18 heavy (non-hydrogen) atoms. The number of rotatable bonds is 4. The summed E-state index contributed by atoms with van der Waals surface area (Å²) in [4.78, 5) is 38.8. The molecule has 2 amide bonds.